The van der Waals surface area contributed by atoms with Crippen molar-refractivity contribution in [2.75, 3.05) is 0 Å². The van der Waals surface area contributed by atoms with Crippen LogP contribution in [-0.4, -0.2) is 0 Å². The van der Waals surface area contributed by atoms with Gasteiger partial charge in [0.15, 0.2) is 0 Å². The van der Waals surface area contributed by atoms with Gasteiger partial charge in [-0.3, -0.25) is 0 Å². The summed E-state index contributed by atoms with van der Waals surface area (Å²) in [5.41, 5.74) is 13.0. The lowest BCUT2D eigenvalue weighted by Gasteiger charge is -2.11. The molecule has 0 spiro atoms. The normalized spacial score (nSPS) is 10.9. The van der Waals surface area contributed by atoms with Gasteiger partial charge >= 0.3 is 0 Å². The summed E-state index contributed by atoms with van der Waals surface area (Å²) in [4.78, 5) is 0. The lowest BCUT2D eigenvalue weighted by molar-refractivity contribution is 1.34. The fourth-order valence-corrected chi connectivity index (χ4v) is 3.80. The quantitative estimate of drug-likeness (QED) is 0.347. The van der Waals surface area contributed by atoms with Crippen LogP contribution >= 0.6 is 0 Å². The van der Waals surface area contributed by atoms with E-state index in [-0.39, 0.29) is 0 Å². The molecule has 0 aromatic heterocycles. The molecule has 0 fully saturated rings. The standard InChI is InChI=1S/C28H26/c1-19-8-9-21(3)28(18-19)26-16-12-24(13-17-26)23-10-14-25(15-11-23)27-7-5-6-20(2)22(27)4/h5-18H,1-4H3. The number of benzene rings is 4. The maximum atomic E-state index is 2.27. The first-order valence-corrected chi connectivity index (χ1v) is 9.87. The van der Waals surface area contributed by atoms with Crippen LogP contribution in [0.2, 0.25) is 0 Å². The maximum absolute atomic E-state index is 2.27. The molecule has 0 unspecified atom stereocenters. The molecule has 138 valence electrons. The number of aryl methyl sites for hydroxylation is 3. The Morgan fingerprint density at radius 1 is 0.429 bits per heavy atom. The average Bonchev–Trinajstić information content (AvgIpc) is 2.72. The minimum Gasteiger partial charge on any atom is -0.0614 e. The van der Waals surface area contributed by atoms with Crippen LogP contribution < -0.4 is 0 Å². The van der Waals surface area contributed by atoms with Gasteiger partial charge in [-0.1, -0.05) is 90.5 Å². The van der Waals surface area contributed by atoms with Gasteiger partial charge in [-0.25, -0.2) is 0 Å². The first-order valence-electron chi connectivity index (χ1n) is 9.87. The predicted octanol–water partition coefficient (Wildman–Crippen LogP) is 7.92. The number of rotatable bonds is 3. The molecule has 0 nitrogen and oxygen atoms in total. The van der Waals surface area contributed by atoms with Gasteiger partial charge in [0.2, 0.25) is 0 Å². The Hall–Kier alpha value is -3.12. The van der Waals surface area contributed by atoms with Crippen molar-refractivity contribution in [3.63, 3.8) is 0 Å². The molecule has 0 heterocycles. The molecule has 0 saturated carbocycles. The molecule has 4 aromatic rings. The van der Waals surface area contributed by atoms with E-state index in [0.717, 1.165) is 0 Å². The molecule has 28 heavy (non-hydrogen) atoms. The van der Waals surface area contributed by atoms with E-state index in [1.165, 1.54) is 55.6 Å². The summed E-state index contributed by atoms with van der Waals surface area (Å²) in [6, 6.07) is 31.0. The van der Waals surface area contributed by atoms with E-state index < -0.39 is 0 Å². The first kappa shape index (κ1) is 18.3. The molecule has 0 heteroatoms. The van der Waals surface area contributed by atoms with Crippen molar-refractivity contribution in [1.29, 1.82) is 0 Å². The highest BCUT2D eigenvalue weighted by molar-refractivity contribution is 5.75. The largest absolute Gasteiger partial charge is 0.0614 e. The van der Waals surface area contributed by atoms with Gasteiger partial charge in [-0.15, -0.1) is 0 Å². The lowest BCUT2D eigenvalue weighted by Crippen LogP contribution is -1.87. The summed E-state index contributed by atoms with van der Waals surface area (Å²) in [5, 5.41) is 0. The molecule has 0 saturated heterocycles. The van der Waals surface area contributed by atoms with Crippen LogP contribution in [0.1, 0.15) is 22.3 Å². The third kappa shape index (κ3) is 3.51. The zero-order valence-electron chi connectivity index (χ0n) is 17.1. The van der Waals surface area contributed by atoms with Crippen molar-refractivity contribution in [3.05, 3.63) is 107 Å². The number of hydrogen-bond donors (Lipinski definition) is 0. The zero-order valence-corrected chi connectivity index (χ0v) is 17.1. The van der Waals surface area contributed by atoms with Gasteiger partial charge in [0.05, 0.1) is 0 Å². The third-order valence-corrected chi connectivity index (χ3v) is 5.72. The monoisotopic (exact) mass is 362 g/mol. The molecular weight excluding hydrogens is 336 g/mol. The van der Waals surface area contributed by atoms with Gasteiger partial charge in [0.25, 0.3) is 0 Å². The molecule has 0 amide bonds. The lowest BCUT2D eigenvalue weighted by atomic mass is 9.94. The Balaban J connectivity index is 1.63. The summed E-state index contributed by atoms with van der Waals surface area (Å²) in [6.45, 7) is 8.69. The number of hydrogen-bond acceptors (Lipinski definition) is 0. The predicted molar refractivity (Wildman–Crippen MR) is 122 cm³/mol. The Bertz CT molecular complexity index is 1070. The van der Waals surface area contributed by atoms with E-state index in [1.807, 2.05) is 0 Å². The SMILES string of the molecule is Cc1ccc(C)c(-c2ccc(-c3ccc(-c4cccc(C)c4C)cc3)cc2)c1. The molecular formula is C28H26. The Kier molecular flexibility index (Phi) is 4.88. The van der Waals surface area contributed by atoms with Crippen molar-refractivity contribution in [2.24, 2.45) is 0 Å². The molecule has 0 N–H and O–H groups in total. The fraction of sp³-hybridized carbons (Fsp3) is 0.143. The summed E-state index contributed by atoms with van der Waals surface area (Å²) in [6.07, 6.45) is 0. The first-order chi connectivity index (χ1) is 13.5. The van der Waals surface area contributed by atoms with Crippen molar-refractivity contribution < 1.29 is 0 Å². The van der Waals surface area contributed by atoms with Crippen LogP contribution in [0.15, 0.2) is 84.9 Å². The Morgan fingerprint density at radius 2 is 0.964 bits per heavy atom. The van der Waals surface area contributed by atoms with Gasteiger partial charge in [-0.05, 0) is 77.8 Å². The van der Waals surface area contributed by atoms with E-state index in [0.29, 0.717) is 0 Å². The summed E-state index contributed by atoms with van der Waals surface area (Å²) in [5.74, 6) is 0. The summed E-state index contributed by atoms with van der Waals surface area (Å²) < 4.78 is 0. The molecule has 0 atom stereocenters. The average molecular weight is 363 g/mol. The summed E-state index contributed by atoms with van der Waals surface area (Å²) in [7, 11) is 0. The second-order valence-electron chi connectivity index (χ2n) is 7.72. The van der Waals surface area contributed by atoms with E-state index in [2.05, 4.69) is 113 Å². The third-order valence-electron chi connectivity index (χ3n) is 5.72. The minimum absolute atomic E-state index is 1.25. The topological polar surface area (TPSA) is 0 Å². The molecule has 0 aliphatic carbocycles. The molecule has 0 aliphatic rings. The summed E-state index contributed by atoms with van der Waals surface area (Å²) >= 11 is 0. The van der Waals surface area contributed by atoms with Crippen LogP contribution in [0.25, 0.3) is 33.4 Å². The van der Waals surface area contributed by atoms with E-state index >= 15 is 0 Å². The maximum Gasteiger partial charge on any atom is -0.0152 e. The van der Waals surface area contributed by atoms with Crippen LogP contribution in [0, 0.1) is 27.7 Å². The molecule has 0 bridgehead atoms. The second-order valence-corrected chi connectivity index (χ2v) is 7.72. The minimum atomic E-state index is 1.25. The Labute approximate surface area is 168 Å². The van der Waals surface area contributed by atoms with Gasteiger partial charge in [-0.2, -0.15) is 0 Å². The molecule has 0 radical (unpaired) electrons. The van der Waals surface area contributed by atoms with Crippen LogP contribution in [0.3, 0.4) is 0 Å². The van der Waals surface area contributed by atoms with Crippen molar-refractivity contribution in [3.8, 4) is 33.4 Å². The van der Waals surface area contributed by atoms with Crippen molar-refractivity contribution >= 4 is 0 Å². The van der Waals surface area contributed by atoms with Gasteiger partial charge < -0.3 is 0 Å². The van der Waals surface area contributed by atoms with E-state index in [1.54, 1.807) is 0 Å². The van der Waals surface area contributed by atoms with E-state index in [9.17, 15) is 0 Å². The van der Waals surface area contributed by atoms with Crippen LogP contribution in [0.4, 0.5) is 0 Å². The fourth-order valence-electron chi connectivity index (χ4n) is 3.80. The molecule has 4 aromatic carbocycles. The van der Waals surface area contributed by atoms with Gasteiger partial charge in [0, 0.05) is 0 Å². The van der Waals surface area contributed by atoms with Crippen molar-refractivity contribution in [2.45, 2.75) is 27.7 Å². The molecule has 0 aliphatic heterocycles. The van der Waals surface area contributed by atoms with E-state index in [4.69, 9.17) is 0 Å². The smallest absolute Gasteiger partial charge is 0.0152 e. The van der Waals surface area contributed by atoms with Crippen LogP contribution in [0.5, 0.6) is 0 Å². The van der Waals surface area contributed by atoms with Crippen molar-refractivity contribution in [1.82, 2.24) is 0 Å². The Morgan fingerprint density at radius 3 is 1.57 bits per heavy atom. The highest BCUT2D eigenvalue weighted by Crippen LogP contribution is 2.30. The highest BCUT2D eigenvalue weighted by Gasteiger charge is 2.06. The molecule has 4 rings (SSSR count). The highest BCUT2D eigenvalue weighted by atomic mass is 14.1. The van der Waals surface area contributed by atoms with Gasteiger partial charge in [0.1, 0.15) is 0 Å². The van der Waals surface area contributed by atoms with Crippen LogP contribution in [-0.2, 0) is 0 Å². The second kappa shape index (κ2) is 7.48. The zero-order chi connectivity index (χ0) is 19.7.